The summed E-state index contributed by atoms with van der Waals surface area (Å²) in [6.07, 6.45) is 1.75. The molecule has 0 bridgehead atoms. The quantitative estimate of drug-likeness (QED) is 0.876. The van der Waals surface area contributed by atoms with E-state index in [1.165, 1.54) is 10.5 Å². The van der Waals surface area contributed by atoms with E-state index >= 15 is 0 Å². The molecule has 1 aromatic carbocycles. The summed E-state index contributed by atoms with van der Waals surface area (Å²) in [5.74, 6) is -0.470. The van der Waals surface area contributed by atoms with Crippen molar-refractivity contribution in [3.8, 4) is 0 Å². The van der Waals surface area contributed by atoms with E-state index in [0.29, 0.717) is 12.3 Å². The molecule has 1 unspecified atom stereocenters. The van der Waals surface area contributed by atoms with Crippen molar-refractivity contribution in [3.05, 3.63) is 52.4 Å². The minimum absolute atomic E-state index is 0.0925. The molecule has 1 heterocycles. The molecule has 1 N–H and O–H groups in total. The van der Waals surface area contributed by atoms with Gasteiger partial charge < -0.3 is 14.7 Å². The maximum Gasteiger partial charge on any atom is 0.311 e. The maximum atomic E-state index is 12.4. The van der Waals surface area contributed by atoms with E-state index in [0.717, 1.165) is 29.7 Å². The molecule has 24 heavy (non-hydrogen) atoms. The molecule has 3 rings (SSSR count). The van der Waals surface area contributed by atoms with Gasteiger partial charge in [0, 0.05) is 12.6 Å². The van der Waals surface area contributed by atoms with E-state index in [4.69, 9.17) is 4.52 Å². The van der Waals surface area contributed by atoms with Gasteiger partial charge in [-0.15, -0.1) is 0 Å². The molecule has 2 aromatic rings. The van der Waals surface area contributed by atoms with Gasteiger partial charge in [0.15, 0.2) is 0 Å². The lowest BCUT2D eigenvalue weighted by Gasteiger charge is -2.19. The van der Waals surface area contributed by atoms with E-state index in [1.54, 1.807) is 14.0 Å². The monoisotopic (exact) mass is 327 g/mol. The first-order valence-corrected chi connectivity index (χ1v) is 8.03. The van der Waals surface area contributed by atoms with Crippen molar-refractivity contribution >= 4 is 11.8 Å². The van der Waals surface area contributed by atoms with Gasteiger partial charge in [0.05, 0.1) is 18.3 Å². The molecular weight excluding hydrogens is 306 g/mol. The minimum Gasteiger partial charge on any atom is -0.361 e. The number of carbonyl (C=O) groups is 2. The highest BCUT2D eigenvalue weighted by Gasteiger charge is 2.28. The Bertz CT molecular complexity index is 762. The van der Waals surface area contributed by atoms with E-state index in [2.05, 4.69) is 16.5 Å². The van der Waals surface area contributed by atoms with Crippen molar-refractivity contribution < 1.29 is 14.1 Å². The number of hydrogen-bond acceptors (Lipinski definition) is 4. The number of hydrogen-bond donors (Lipinski definition) is 1. The van der Waals surface area contributed by atoms with E-state index in [-0.39, 0.29) is 6.04 Å². The van der Waals surface area contributed by atoms with Crippen LogP contribution < -0.4 is 5.32 Å². The number of aryl methyl sites for hydroxylation is 3. The topological polar surface area (TPSA) is 75.4 Å². The average Bonchev–Trinajstić information content (AvgIpc) is 3.12. The average molecular weight is 327 g/mol. The summed E-state index contributed by atoms with van der Waals surface area (Å²) in [4.78, 5) is 26.1. The molecule has 0 fully saturated rings. The summed E-state index contributed by atoms with van der Waals surface area (Å²) in [6.45, 7) is 3.91. The van der Waals surface area contributed by atoms with Crippen LogP contribution in [0.25, 0.3) is 0 Å². The van der Waals surface area contributed by atoms with Crippen molar-refractivity contribution in [2.75, 3.05) is 7.05 Å². The first-order chi connectivity index (χ1) is 11.5. The van der Waals surface area contributed by atoms with Gasteiger partial charge in [0.1, 0.15) is 5.76 Å². The standard InChI is InChI=1S/C18H21N3O3/c1-11-15(12(2)24-20-11)10-21(3)18(23)17(22)19-16-9-8-13-6-4-5-7-14(13)16/h4-7,16H,8-10H2,1-3H3,(H,19,22). The maximum absolute atomic E-state index is 12.4. The van der Waals surface area contributed by atoms with E-state index < -0.39 is 11.8 Å². The third-order valence-corrected chi connectivity index (χ3v) is 4.56. The number of nitrogens with zero attached hydrogens (tertiary/aromatic N) is 2. The second kappa shape index (κ2) is 6.47. The Balaban J connectivity index is 1.64. The number of amides is 2. The minimum atomic E-state index is -0.578. The largest absolute Gasteiger partial charge is 0.361 e. The van der Waals surface area contributed by atoms with Gasteiger partial charge in [-0.05, 0) is 37.8 Å². The Kier molecular flexibility index (Phi) is 4.38. The van der Waals surface area contributed by atoms with Crippen LogP contribution in [0.4, 0.5) is 0 Å². The number of benzene rings is 1. The van der Waals surface area contributed by atoms with Gasteiger partial charge in [-0.25, -0.2) is 0 Å². The summed E-state index contributed by atoms with van der Waals surface area (Å²) in [5.41, 5.74) is 3.91. The van der Waals surface area contributed by atoms with E-state index in [1.807, 2.05) is 25.1 Å². The molecule has 6 heteroatoms. The number of fused-ring (bicyclic) bond motifs is 1. The molecule has 1 aliphatic rings. The van der Waals surface area contributed by atoms with E-state index in [9.17, 15) is 9.59 Å². The molecule has 1 aliphatic carbocycles. The first kappa shape index (κ1) is 16.2. The van der Waals surface area contributed by atoms with Gasteiger partial charge in [-0.3, -0.25) is 9.59 Å². The van der Waals surface area contributed by atoms with Crippen LogP contribution in [-0.2, 0) is 22.6 Å². The molecule has 0 aliphatic heterocycles. The molecule has 0 spiro atoms. The van der Waals surface area contributed by atoms with Gasteiger partial charge >= 0.3 is 11.8 Å². The molecule has 6 nitrogen and oxygen atoms in total. The van der Waals surface area contributed by atoms with Crippen LogP contribution in [0, 0.1) is 13.8 Å². The predicted octanol–water partition coefficient (Wildman–Crippen LogP) is 2.05. The van der Waals surface area contributed by atoms with Crippen LogP contribution in [0.2, 0.25) is 0 Å². The summed E-state index contributed by atoms with van der Waals surface area (Å²) in [6, 6.07) is 7.92. The highest BCUT2D eigenvalue weighted by Crippen LogP contribution is 2.30. The predicted molar refractivity (Wildman–Crippen MR) is 88.1 cm³/mol. The van der Waals surface area contributed by atoms with Crippen LogP contribution in [0.5, 0.6) is 0 Å². The van der Waals surface area contributed by atoms with Crippen LogP contribution in [0.15, 0.2) is 28.8 Å². The van der Waals surface area contributed by atoms with Crippen molar-refractivity contribution in [2.24, 2.45) is 0 Å². The smallest absolute Gasteiger partial charge is 0.311 e. The van der Waals surface area contributed by atoms with Gasteiger partial charge in [-0.1, -0.05) is 29.4 Å². The Labute approximate surface area is 140 Å². The number of rotatable bonds is 3. The third kappa shape index (κ3) is 3.04. The van der Waals surface area contributed by atoms with Crippen LogP contribution in [-0.4, -0.2) is 28.9 Å². The summed E-state index contributed by atoms with van der Waals surface area (Å²) < 4.78 is 5.09. The first-order valence-electron chi connectivity index (χ1n) is 8.03. The van der Waals surface area contributed by atoms with Crippen molar-refractivity contribution in [1.82, 2.24) is 15.4 Å². The Hall–Kier alpha value is -2.63. The second-order valence-corrected chi connectivity index (χ2v) is 6.23. The van der Waals surface area contributed by atoms with Gasteiger partial charge in [0.25, 0.3) is 0 Å². The lowest BCUT2D eigenvalue weighted by Crippen LogP contribution is -2.41. The van der Waals surface area contributed by atoms with Gasteiger partial charge in [-0.2, -0.15) is 0 Å². The molecule has 2 amide bonds. The number of carbonyl (C=O) groups excluding carboxylic acids is 2. The summed E-state index contributed by atoms with van der Waals surface area (Å²) >= 11 is 0. The highest BCUT2D eigenvalue weighted by molar-refractivity contribution is 6.35. The second-order valence-electron chi connectivity index (χ2n) is 6.23. The molecular formula is C18H21N3O3. The zero-order valence-corrected chi connectivity index (χ0v) is 14.1. The van der Waals surface area contributed by atoms with Gasteiger partial charge in [0.2, 0.25) is 0 Å². The van der Waals surface area contributed by atoms with Crippen LogP contribution in [0.1, 0.15) is 40.6 Å². The van der Waals surface area contributed by atoms with Crippen molar-refractivity contribution in [3.63, 3.8) is 0 Å². The zero-order chi connectivity index (χ0) is 17.3. The summed E-state index contributed by atoms with van der Waals surface area (Å²) in [5, 5.41) is 6.72. The SMILES string of the molecule is Cc1noc(C)c1CN(C)C(=O)C(=O)NC1CCc2ccccc21. The Morgan fingerprint density at radius 1 is 1.33 bits per heavy atom. The fourth-order valence-corrected chi connectivity index (χ4v) is 3.14. The Morgan fingerprint density at radius 3 is 2.79 bits per heavy atom. The fraction of sp³-hybridized carbons (Fsp3) is 0.389. The zero-order valence-electron chi connectivity index (χ0n) is 14.1. The number of nitrogens with one attached hydrogen (secondary N) is 1. The molecule has 1 atom stereocenters. The van der Waals surface area contributed by atoms with Crippen molar-refractivity contribution in [2.45, 2.75) is 39.3 Å². The third-order valence-electron chi connectivity index (χ3n) is 4.56. The molecule has 0 radical (unpaired) electrons. The lowest BCUT2D eigenvalue weighted by molar-refractivity contribution is -0.145. The summed E-state index contributed by atoms with van der Waals surface area (Å²) in [7, 11) is 1.61. The Morgan fingerprint density at radius 2 is 2.08 bits per heavy atom. The number of likely N-dealkylation sites (N-methyl/N-ethyl adjacent to an activating group) is 1. The fourth-order valence-electron chi connectivity index (χ4n) is 3.14. The lowest BCUT2D eigenvalue weighted by atomic mass is 10.1. The van der Waals surface area contributed by atoms with Crippen molar-refractivity contribution in [1.29, 1.82) is 0 Å². The molecule has 0 saturated heterocycles. The van der Waals surface area contributed by atoms with Crippen LogP contribution in [0.3, 0.4) is 0 Å². The molecule has 126 valence electrons. The molecule has 0 saturated carbocycles. The highest BCUT2D eigenvalue weighted by atomic mass is 16.5. The number of aromatic nitrogens is 1. The normalized spacial score (nSPS) is 15.9. The molecule has 1 aromatic heterocycles. The van der Waals surface area contributed by atoms with Crippen LogP contribution >= 0.6 is 0 Å².